The van der Waals surface area contributed by atoms with Gasteiger partial charge in [0.05, 0.1) is 13.7 Å². The van der Waals surface area contributed by atoms with Crippen LogP contribution in [0, 0.1) is 0 Å². The van der Waals surface area contributed by atoms with Crippen LogP contribution in [0.15, 0.2) is 48.5 Å². The fourth-order valence-electron chi connectivity index (χ4n) is 3.79. The average molecular weight is 530 g/mol. The second-order valence-corrected chi connectivity index (χ2v) is 9.84. The molecule has 2 rings (SSSR count). The monoisotopic (exact) mass is 529 g/mol. The van der Waals surface area contributed by atoms with Crippen LogP contribution in [0.2, 0.25) is 0 Å². The van der Waals surface area contributed by atoms with Crippen molar-refractivity contribution >= 4 is 23.6 Å². The summed E-state index contributed by atoms with van der Waals surface area (Å²) in [7, 11) is 1.54. The Morgan fingerprint density at radius 3 is 2.29 bits per heavy atom. The van der Waals surface area contributed by atoms with E-state index in [1.165, 1.54) is 24.1 Å². The van der Waals surface area contributed by atoms with Gasteiger partial charge in [-0.15, -0.1) is 0 Å². The van der Waals surface area contributed by atoms with E-state index in [1.54, 1.807) is 57.2 Å². The van der Waals surface area contributed by atoms with Crippen molar-refractivity contribution in [3.05, 3.63) is 54.1 Å². The highest BCUT2D eigenvalue weighted by Gasteiger charge is 2.36. The number of anilines is 1. The summed E-state index contributed by atoms with van der Waals surface area (Å²) < 4.78 is 10.4. The molecule has 0 saturated heterocycles. The van der Waals surface area contributed by atoms with E-state index in [0.717, 1.165) is 12.8 Å². The first kappa shape index (κ1) is 30.4. The van der Waals surface area contributed by atoms with Crippen molar-refractivity contribution in [2.45, 2.75) is 64.6 Å². The number of aromatic hydroxyl groups is 1. The summed E-state index contributed by atoms with van der Waals surface area (Å²) in [6, 6.07) is 10.3. The number of phenolic OH excluding ortho intramolecular Hbond substituents is 1. The molecule has 38 heavy (non-hydrogen) atoms. The number of rotatable bonds is 12. The lowest BCUT2D eigenvalue weighted by molar-refractivity contribution is -0.141. The number of phenols is 1. The molecule has 3 amide bonds. The normalized spacial score (nSPS) is 12.7. The number of unbranched alkanes of at least 4 members (excludes halogenated alkanes) is 2. The number of nitrogens with one attached hydrogen (secondary N) is 2. The van der Waals surface area contributed by atoms with Crippen LogP contribution in [0.4, 0.5) is 10.5 Å². The summed E-state index contributed by atoms with van der Waals surface area (Å²) >= 11 is 0. The zero-order chi connectivity index (χ0) is 28.3. The van der Waals surface area contributed by atoms with Crippen LogP contribution >= 0.6 is 0 Å². The predicted octanol–water partition coefficient (Wildman–Crippen LogP) is 3.99. The number of ether oxygens (including phenoxy) is 2. The van der Waals surface area contributed by atoms with Gasteiger partial charge in [-0.3, -0.25) is 9.59 Å². The molecule has 4 N–H and O–H groups in total. The number of carbonyl (C=O) groups is 3. The second kappa shape index (κ2) is 14.2. The largest absolute Gasteiger partial charge is 0.508 e. The molecule has 10 nitrogen and oxygen atoms in total. The Morgan fingerprint density at radius 1 is 1.05 bits per heavy atom. The van der Waals surface area contributed by atoms with E-state index >= 15 is 0 Å². The summed E-state index contributed by atoms with van der Waals surface area (Å²) in [5.74, 6) is -0.647. The molecular formula is C28H39N3O7. The maximum atomic E-state index is 13.7. The maximum absolute atomic E-state index is 13.7. The number of methoxy groups -OCH3 is 1. The van der Waals surface area contributed by atoms with Gasteiger partial charge >= 0.3 is 6.09 Å². The number of amides is 3. The van der Waals surface area contributed by atoms with E-state index in [-0.39, 0.29) is 12.3 Å². The highest BCUT2D eigenvalue weighted by atomic mass is 16.6. The zero-order valence-corrected chi connectivity index (χ0v) is 22.7. The minimum absolute atomic E-state index is 0.0729. The molecule has 0 bridgehead atoms. The number of hydrogen-bond donors (Lipinski definition) is 4. The van der Waals surface area contributed by atoms with Gasteiger partial charge in [-0.1, -0.05) is 31.9 Å². The van der Waals surface area contributed by atoms with Crippen LogP contribution < -0.4 is 15.4 Å². The van der Waals surface area contributed by atoms with Crippen molar-refractivity contribution in [1.29, 1.82) is 0 Å². The quantitative estimate of drug-likeness (QED) is 0.305. The number of carbonyl (C=O) groups excluding carboxylic acids is 3. The molecule has 0 fully saturated rings. The van der Waals surface area contributed by atoms with Gasteiger partial charge in [0, 0.05) is 12.2 Å². The van der Waals surface area contributed by atoms with Gasteiger partial charge in [0.2, 0.25) is 5.91 Å². The first-order chi connectivity index (χ1) is 18.0. The smallest absolute Gasteiger partial charge is 0.408 e. The molecule has 2 unspecified atom stereocenters. The van der Waals surface area contributed by atoms with Crippen LogP contribution in [-0.4, -0.2) is 64.9 Å². The Bertz CT molecular complexity index is 1070. The maximum Gasteiger partial charge on any atom is 0.408 e. The Morgan fingerprint density at radius 2 is 1.74 bits per heavy atom. The van der Waals surface area contributed by atoms with Gasteiger partial charge in [-0.05, 0) is 69.2 Å². The minimum atomic E-state index is -1.35. The Kier molecular flexibility index (Phi) is 11.4. The summed E-state index contributed by atoms with van der Waals surface area (Å²) in [6.07, 6.45) is 1.38. The molecule has 2 aromatic rings. The van der Waals surface area contributed by atoms with Gasteiger partial charge < -0.3 is 35.2 Å². The first-order valence-corrected chi connectivity index (χ1v) is 12.6. The number of hydrogen-bond acceptors (Lipinski definition) is 7. The van der Waals surface area contributed by atoms with Crippen molar-refractivity contribution in [3.8, 4) is 11.5 Å². The number of aliphatic hydroxyl groups excluding tert-OH is 1. The SMILES string of the molecule is CCCCCN(C(=O)C(CO)NC(=O)OC(C)(C)C)C(C(=O)Nc1ccc(OC)cc1)c1cccc(O)c1. The van der Waals surface area contributed by atoms with E-state index in [1.807, 2.05) is 6.92 Å². The van der Waals surface area contributed by atoms with Gasteiger partial charge in [0.15, 0.2) is 0 Å². The Balaban J connectivity index is 2.45. The molecule has 0 heterocycles. The van der Waals surface area contributed by atoms with Crippen LogP contribution in [0.25, 0.3) is 0 Å². The lowest BCUT2D eigenvalue weighted by Gasteiger charge is -2.34. The molecule has 2 atom stereocenters. The Hall–Kier alpha value is -3.79. The van der Waals surface area contributed by atoms with E-state index in [2.05, 4.69) is 10.6 Å². The molecule has 10 heteroatoms. The van der Waals surface area contributed by atoms with Crippen LogP contribution in [0.3, 0.4) is 0 Å². The molecular weight excluding hydrogens is 490 g/mol. The van der Waals surface area contributed by atoms with Gasteiger partial charge in [0.25, 0.3) is 5.91 Å². The van der Waals surface area contributed by atoms with Gasteiger partial charge in [-0.2, -0.15) is 0 Å². The number of alkyl carbamates (subject to hydrolysis) is 1. The second-order valence-electron chi connectivity index (χ2n) is 9.84. The lowest BCUT2D eigenvalue weighted by atomic mass is 10.0. The zero-order valence-electron chi connectivity index (χ0n) is 22.7. The van der Waals surface area contributed by atoms with Crippen molar-refractivity contribution in [1.82, 2.24) is 10.2 Å². The van der Waals surface area contributed by atoms with Crippen molar-refractivity contribution in [3.63, 3.8) is 0 Å². The summed E-state index contributed by atoms with van der Waals surface area (Å²) in [4.78, 5) is 41.1. The fourth-order valence-corrected chi connectivity index (χ4v) is 3.79. The molecule has 0 saturated carbocycles. The molecule has 2 aromatic carbocycles. The third-order valence-electron chi connectivity index (χ3n) is 5.56. The molecule has 0 spiro atoms. The first-order valence-electron chi connectivity index (χ1n) is 12.6. The van der Waals surface area contributed by atoms with Crippen LogP contribution in [0.5, 0.6) is 11.5 Å². The van der Waals surface area contributed by atoms with Crippen molar-refractivity contribution in [2.75, 3.05) is 25.6 Å². The highest BCUT2D eigenvalue weighted by molar-refractivity contribution is 5.99. The Labute approximate surface area is 223 Å². The summed E-state index contributed by atoms with van der Waals surface area (Å²) in [5, 5.41) is 25.4. The molecule has 0 aliphatic heterocycles. The van der Waals surface area contributed by atoms with E-state index < -0.39 is 42.2 Å². The standard InChI is InChI=1S/C28H39N3O7/c1-6-7-8-16-31(26(35)23(18-32)30-27(36)38-28(2,3)4)24(19-10-9-11-21(33)17-19)25(34)29-20-12-14-22(37-5)15-13-20/h9-15,17,23-24,32-33H,6-8,16,18H2,1-5H3,(H,29,34)(H,30,36). The van der Waals surface area contributed by atoms with Crippen molar-refractivity contribution in [2.24, 2.45) is 0 Å². The highest BCUT2D eigenvalue weighted by Crippen LogP contribution is 2.28. The third kappa shape index (κ3) is 9.26. The van der Waals surface area contributed by atoms with Crippen LogP contribution in [0.1, 0.15) is 58.6 Å². The summed E-state index contributed by atoms with van der Waals surface area (Å²) in [6.45, 7) is 6.53. The van der Waals surface area contributed by atoms with E-state index in [0.29, 0.717) is 23.4 Å². The van der Waals surface area contributed by atoms with E-state index in [9.17, 15) is 24.6 Å². The summed E-state index contributed by atoms with van der Waals surface area (Å²) in [5.41, 5.74) is 0.0401. The lowest BCUT2D eigenvalue weighted by Crippen LogP contribution is -2.54. The van der Waals surface area contributed by atoms with Crippen molar-refractivity contribution < 1.29 is 34.1 Å². The number of benzene rings is 2. The number of nitrogens with zero attached hydrogens (tertiary/aromatic N) is 1. The minimum Gasteiger partial charge on any atom is -0.508 e. The van der Waals surface area contributed by atoms with Gasteiger partial charge in [-0.25, -0.2) is 4.79 Å². The predicted molar refractivity (Wildman–Crippen MR) is 144 cm³/mol. The third-order valence-corrected chi connectivity index (χ3v) is 5.56. The molecule has 208 valence electrons. The topological polar surface area (TPSA) is 137 Å². The number of aliphatic hydroxyl groups is 1. The molecule has 0 radical (unpaired) electrons. The average Bonchev–Trinajstić information content (AvgIpc) is 2.85. The van der Waals surface area contributed by atoms with Crippen LogP contribution in [-0.2, 0) is 14.3 Å². The molecule has 0 aromatic heterocycles. The molecule has 0 aliphatic carbocycles. The van der Waals surface area contributed by atoms with Gasteiger partial charge in [0.1, 0.15) is 29.2 Å². The molecule has 0 aliphatic rings. The fraction of sp³-hybridized carbons (Fsp3) is 0.464. The van der Waals surface area contributed by atoms with E-state index in [4.69, 9.17) is 9.47 Å².